The lowest BCUT2D eigenvalue weighted by atomic mass is 10.2. The molecule has 0 spiro atoms. The van der Waals surface area contributed by atoms with Gasteiger partial charge in [0.2, 0.25) is 0 Å². The zero-order valence-corrected chi connectivity index (χ0v) is 9.63. The van der Waals surface area contributed by atoms with Crippen LogP contribution in [0.1, 0.15) is 34.1 Å². The monoisotopic (exact) mass is 215 g/mol. The molecule has 0 heterocycles. The number of ether oxygens (including phenoxy) is 1. The van der Waals surface area contributed by atoms with E-state index in [4.69, 9.17) is 4.74 Å². The number of carbonyl (C=O) groups is 1. The van der Waals surface area contributed by atoms with Gasteiger partial charge in [-0.3, -0.25) is 0 Å². The Morgan fingerprint density at radius 3 is 2.60 bits per heavy atom. The van der Waals surface area contributed by atoms with Crippen LogP contribution in [0.4, 0.5) is 9.18 Å². The van der Waals surface area contributed by atoms with Crippen molar-refractivity contribution in [3.63, 3.8) is 0 Å². The van der Waals surface area contributed by atoms with Gasteiger partial charge in [-0.1, -0.05) is 11.6 Å². The van der Waals surface area contributed by atoms with Crippen LogP contribution in [0, 0.1) is 0 Å². The highest BCUT2D eigenvalue weighted by atomic mass is 19.1. The van der Waals surface area contributed by atoms with Gasteiger partial charge in [-0.05, 0) is 27.7 Å². The summed E-state index contributed by atoms with van der Waals surface area (Å²) in [6.07, 6.45) is 0.522. The fourth-order valence-electron chi connectivity index (χ4n) is 1.49. The van der Waals surface area contributed by atoms with Crippen LogP contribution in [0.25, 0.3) is 0 Å². The highest BCUT2D eigenvalue weighted by Crippen LogP contribution is 2.21. The van der Waals surface area contributed by atoms with Crippen molar-refractivity contribution in [2.24, 2.45) is 0 Å². The van der Waals surface area contributed by atoms with Gasteiger partial charge in [0.1, 0.15) is 11.8 Å². The van der Waals surface area contributed by atoms with E-state index in [1.807, 2.05) is 6.92 Å². The summed E-state index contributed by atoms with van der Waals surface area (Å²) in [6, 6.07) is -0.542. The van der Waals surface area contributed by atoms with Crippen LogP contribution < -0.4 is 5.32 Å². The van der Waals surface area contributed by atoms with Crippen molar-refractivity contribution in [3.05, 3.63) is 11.6 Å². The summed E-state index contributed by atoms with van der Waals surface area (Å²) in [6.45, 7) is 7.17. The zero-order valence-electron chi connectivity index (χ0n) is 9.63. The number of hydrogen-bond donors (Lipinski definition) is 1. The Hall–Kier alpha value is -1.06. The van der Waals surface area contributed by atoms with E-state index in [0.717, 1.165) is 5.57 Å². The Balaban J connectivity index is 2.45. The minimum Gasteiger partial charge on any atom is -0.444 e. The van der Waals surface area contributed by atoms with E-state index < -0.39 is 23.9 Å². The molecule has 0 saturated heterocycles. The van der Waals surface area contributed by atoms with Gasteiger partial charge in [-0.2, -0.15) is 0 Å². The van der Waals surface area contributed by atoms with Crippen LogP contribution in [-0.2, 0) is 4.74 Å². The lowest BCUT2D eigenvalue weighted by Crippen LogP contribution is -2.41. The van der Waals surface area contributed by atoms with Gasteiger partial charge in [0, 0.05) is 6.42 Å². The summed E-state index contributed by atoms with van der Waals surface area (Å²) in [5.41, 5.74) is 0.413. The van der Waals surface area contributed by atoms with Crippen LogP contribution in [0.5, 0.6) is 0 Å². The van der Waals surface area contributed by atoms with E-state index in [1.54, 1.807) is 26.8 Å². The van der Waals surface area contributed by atoms with Crippen LogP contribution in [0.3, 0.4) is 0 Å². The van der Waals surface area contributed by atoms with Crippen LogP contribution >= 0.6 is 0 Å². The number of allylic oxidation sites excluding steroid dienone is 1. The van der Waals surface area contributed by atoms with Crippen molar-refractivity contribution in [1.82, 2.24) is 5.32 Å². The Bertz CT molecular complexity index is 281. The molecule has 2 atom stereocenters. The molecule has 1 N–H and O–H groups in total. The molecule has 0 aromatic heterocycles. The number of carbonyl (C=O) groups excluding carboxylic acids is 1. The van der Waals surface area contributed by atoms with E-state index >= 15 is 0 Å². The summed E-state index contributed by atoms with van der Waals surface area (Å²) < 4.78 is 18.3. The minimum atomic E-state index is -1.03. The summed E-state index contributed by atoms with van der Waals surface area (Å²) in [5.74, 6) is 0. The summed E-state index contributed by atoms with van der Waals surface area (Å²) >= 11 is 0. The van der Waals surface area contributed by atoms with Crippen molar-refractivity contribution in [1.29, 1.82) is 0 Å². The normalized spacial score (nSPS) is 26.1. The molecule has 86 valence electrons. The highest BCUT2D eigenvalue weighted by Gasteiger charge is 2.28. The topological polar surface area (TPSA) is 38.3 Å². The smallest absolute Gasteiger partial charge is 0.408 e. The lowest BCUT2D eigenvalue weighted by Gasteiger charge is -2.22. The number of alkyl halides is 1. The first-order chi connectivity index (χ1) is 6.78. The molecule has 0 aromatic carbocycles. The Kier molecular flexibility index (Phi) is 3.37. The number of rotatable bonds is 1. The first-order valence-electron chi connectivity index (χ1n) is 5.09. The van der Waals surface area contributed by atoms with Gasteiger partial charge in [0.05, 0.1) is 6.04 Å². The maximum absolute atomic E-state index is 13.3. The van der Waals surface area contributed by atoms with Gasteiger partial charge in [-0.15, -0.1) is 0 Å². The Labute approximate surface area is 89.7 Å². The first-order valence-corrected chi connectivity index (χ1v) is 5.09. The highest BCUT2D eigenvalue weighted by molar-refractivity contribution is 5.68. The number of halogens is 1. The van der Waals surface area contributed by atoms with Gasteiger partial charge in [-0.25, -0.2) is 9.18 Å². The minimum absolute atomic E-state index is 0.389. The van der Waals surface area contributed by atoms with Crippen molar-refractivity contribution in [2.45, 2.75) is 51.9 Å². The van der Waals surface area contributed by atoms with E-state index in [0.29, 0.717) is 6.42 Å². The van der Waals surface area contributed by atoms with E-state index in [1.165, 1.54) is 0 Å². The third-order valence-electron chi connectivity index (χ3n) is 2.05. The summed E-state index contributed by atoms with van der Waals surface area (Å²) in [4.78, 5) is 11.3. The van der Waals surface area contributed by atoms with Gasteiger partial charge >= 0.3 is 6.09 Å². The molecule has 1 amide bonds. The third kappa shape index (κ3) is 3.90. The maximum atomic E-state index is 13.3. The SMILES string of the molecule is CC1=C[C@H](NC(=O)OC(C)(C)C)[C@@H](F)C1. The molecule has 15 heavy (non-hydrogen) atoms. The van der Waals surface area contributed by atoms with E-state index in [-0.39, 0.29) is 0 Å². The fourth-order valence-corrected chi connectivity index (χ4v) is 1.49. The van der Waals surface area contributed by atoms with Crippen LogP contribution in [0.2, 0.25) is 0 Å². The molecule has 0 saturated carbocycles. The van der Waals surface area contributed by atoms with Crippen molar-refractivity contribution in [2.75, 3.05) is 0 Å². The van der Waals surface area contributed by atoms with Crippen molar-refractivity contribution < 1.29 is 13.9 Å². The maximum Gasteiger partial charge on any atom is 0.408 e. The first kappa shape index (κ1) is 12.0. The van der Waals surface area contributed by atoms with E-state index in [2.05, 4.69) is 5.32 Å². The molecule has 3 nitrogen and oxygen atoms in total. The Morgan fingerprint density at radius 1 is 1.60 bits per heavy atom. The number of hydrogen-bond acceptors (Lipinski definition) is 2. The molecule has 0 bridgehead atoms. The third-order valence-corrected chi connectivity index (χ3v) is 2.05. The van der Waals surface area contributed by atoms with Crippen LogP contribution in [-0.4, -0.2) is 23.9 Å². The van der Waals surface area contributed by atoms with E-state index in [9.17, 15) is 9.18 Å². The van der Waals surface area contributed by atoms with Gasteiger partial charge in [0.25, 0.3) is 0 Å². The molecule has 0 unspecified atom stereocenters. The molecular formula is C11H18FNO2. The molecule has 0 radical (unpaired) electrons. The molecule has 4 heteroatoms. The van der Waals surface area contributed by atoms with Gasteiger partial charge in [0.15, 0.2) is 0 Å². The molecule has 0 aliphatic heterocycles. The number of amides is 1. The predicted octanol–water partition coefficient (Wildman–Crippen LogP) is 2.57. The number of alkyl carbamates (subject to hydrolysis) is 1. The predicted molar refractivity (Wildman–Crippen MR) is 56.4 cm³/mol. The average Bonchev–Trinajstić information content (AvgIpc) is 2.25. The lowest BCUT2D eigenvalue weighted by molar-refractivity contribution is 0.0495. The van der Waals surface area contributed by atoms with Crippen molar-refractivity contribution >= 4 is 6.09 Å². The zero-order chi connectivity index (χ0) is 11.6. The molecule has 0 aromatic rings. The largest absolute Gasteiger partial charge is 0.444 e. The summed E-state index contributed by atoms with van der Waals surface area (Å²) in [7, 11) is 0. The average molecular weight is 215 g/mol. The second kappa shape index (κ2) is 4.21. The quantitative estimate of drug-likeness (QED) is 0.683. The molecule has 1 rings (SSSR count). The molecular weight excluding hydrogens is 197 g/mol. The standard InChI is InChI=1S/C11H18FNO2/c1-7-5-8(12)9(6-7)13-10(14)15-11(2,3)4/h6,8-9H,5H2,1-4H3,(H,13,14)/t8-,9-/m0/s1. The Morgan fingerprint density at radius 2 is 2.20 bits per heavy atom. The summed E-state index contributed by atoms with van der Waals surface area (Å²) in [5, 5.41) is 2.50. The second-order valence-electron chi connectivity index (χ2n) is 4.91. The molecule has 1 aliphatic carbocycles. The van der Waals surface area contributed by atoms with Gasteiger partial charge < -0.3 is 10.1 Å². The van der Waals surface area contributed by atoms with Crippen LogP contribution in [0.15, 0.2) is 11.6 Å². The number of nitrogens with one attached hydrogen (secondary N) is 1. The van der Waals surface area contributed by atoms with Crippen molar-refractivity contribution in [3.8, 4) is 0 Å². The second-order valence-corrected chi connectivity index (χ2v) is 4.91. The fraction of sp³-hybridized carbons (Fsp3) is 0.727. The molecule has 0 fully saturated rings. The molecule has 1 aliphatic rings.